The Kier molecular flexibility index (Phi) is 5.73. The van der Waals surface area contributed by atoms with Crippen molar-refractivity contribution in [3.63, 3.8) is 0 Å². The Balaban J connectivity index is 0.00000220. The summed E-state index contributed by atoms with van der Waals surface area (Å²) < 4.78 is 22.1. The number of fused-ring (bicyclic) bond motifs is 2. The van der Waals surface area contributed by atoms with Crippen molar-refractivity contribution in [2.75, 3.05) is 6.26 Å². The van der Waals surface area contributed by atoms with Gasteiger partial charge in [0.1, 0.15) is 4.75 Å². The monoisotopic (exact) mass is 338 g/mol. The Hall–Kier alpha value is -0.330. The van der Waals surface area contributed by atoms with Gasteiger partial charge in [0.2, 0.25) is 5.91 Å². The summed E-state index contributed by atoms with van der Waals surface area (Å²) in [6.45, 7) is 2.95. The molecule has 0 aromatic rings. The van der Waals surface area contributed by atoms with Gasteiger partial charge in [-0.25, -0.2) is 8.42 Å². The second kappa shape index (κ2) is 6.42. The largest absolute Gasteiger partial charge is 0.351 e. The lowest BCUT2D eigenvalue weighted by molar-refractivity contribution is -0.125. The number of hydrogen-bond acceptors (Lipinski definition) is 4. The van der Waals surface area contributed by atoms with Crippen molar-refractivity contribution in [1.82, 2.24) is 5.32 Å². The molecule has 2 saturated carbocycles. The van der Waals surface area contributed by atoms with Crippen molar-refractivity contribution >= 4 is 28.2 Å². The number of rotatable bonds is 3. The van der Waals surface area contributed by atoms with E-state index in [-0.39, 0.29) is 30.4 Å². The molecule has 7 heteroatoms. The topological polar surface area (TPSA) is 89.3 Å². The fourth-order valence-electron chi connectivity index (χ4n) is 3.52. The molecule has 1 amide bonds. The first kappa shape index (κ1) is 18.7. The number of nitrogens with one attached hydrogen (secondary N) is 1. The van der Waals surface area contributed by atoms with Gasteiger partial charge in [0.25, 0.3) is 0 Å². The Morgan fingerprint density at radius 2 is 1.67 bits per heavy atom. The van der Waals surface area contributed by atoms with Gasteiger partial charge in [0.15, 0.2) is 9.84 Å². The van der Waals surface area contributed by atoms with Gasteiger partial charge in [-0.3, -0.25) is 4.79 Å². The number of sulfone groups is 1. The summed E-state index contributed by atoms with van der Waals surface area (Å²) in [5.74, 6) is 0.422. The van der Waals surface area contributed by atoms with Gasteiger partial charge in [-0.05, 0) is 51.4 Å². The van der Waals surface area contributed by atoms with Crippen LogP contribution in [0.3, 0.4) is 0 Å². The molecule has 0 spiro atoms. The summed E-state index contributed by atoms with van der Waals surface area (Å²) in [6, 6.07) is 0.318. The van der Waals surface area contributed by atoms with Crippen LogP contribution in [-0.4, -0.2) is 37.4 Å². The molecule has 2 aliphatic carbocycles. The van der Waals surface area contributed by atoms with E-state index in [4.69, 9.17) is 5.73 Å². The number of halogens is 1. The first-order valence-electron chi connectivity index (χ1n) is 7.39. The third-order valence-electron chi connectivity index (χ3n) is 5.15. The summed E-state index contributed by atoms with van der Waals surface area (Å²) in [6.07, 6.45) is 6.32. The van der Waals surface area contributed by atoms with Gasteiger partial charge in [-0.1, -0.05) is 6.42 Å². The average molecular weight is 339 g/mol. The molecule has 21 heavy (non-hydrogen) atoms. The van der Waals surface area contributed by atoms with E-state index < -0.39 is 14.6 Å². The van der Waals surface area contributed by atoms with Crippen LogP contribution in [0, 0.1) is 11.8 Å². The lowest BCUT2D eigenvalue weighted by atomic mass is 9.67. The van der Waals surface area contributed by atoms with Crippen LogP contribution in [0.4, 0.5) is 0 Å². The molecular formula is C14H27ClN2O3S. The van der Waals surface area contributed by atoms with E-state index >= 15 is 0 Å². The molecule has 2 aliphatic rings. The zero-order valence-electron chi connectivity index (χ0n) is 13.0. The van der Waals surface area contributed by atoms with E-state index in [1.807, 2.05) is 0 Å². The highest BCUT2D eigenvalue weighted by Gasteiger charge is 2.44. The molecule has 5 nitrogen and oxygen atoms in total. The molecule has 2 rings (SSSR count). The first-order chi connectivity index (χ1) is 9.13. The minimum atomic E-state index is -3.42. The van der Waals surface area contributed by atoms with Crippen molar-refractivity contribution in [3.8, 4) is 0 Å². The minimum absolute atomic E-state index is 0. The molecule has 0 saturated heterocycles. The van der Waals surface area contributed by atoms with Crippen LogP contribution in [0.15, 0.2) is 0 Å². The van der Waals surface area contributed by atoms with Crippen molar-refractivity contribution in [1.29, 1.82) is 0 Å². The molecule has 2 bridgehead atoms. The van der Waals surface area contributed by atoms with Crippen LogP contribution < -0.4 is 11.1 Å². The van der Waals surface area contributed by atoms with Crippen LogP contribution in [0.5, 0.6) is 0 Å². The van der Waals surface area contributed by atoms with Gasteiger partial charge in [-0.2, -0.15) is 0 Å². The highest BCUT2D eigenvalue weighted by atomic mass is 35.5. The molecule has 124 valence electrons. The second-order valence-corrected chi connectivity index (χ2v) is 9.53. The number of nitrogens with two attached hydrogens (primary N) is 1. The molecular weight excluding hydrogens is 312 g/mol. The Morgan fingerprint density at radius 1 is 1.19 bits per heavy atom. The van der Waals surface area contributed by atoms with Crippen LogP contribution >= 0.6 is 12.4 Å². The molecule has 0 heterocycles. The van der Waals surface area contributed by atoms with Gasteiger partial charge < -0.3 is 11.1 Å². The molecule has 3 N–H and O–H groups in total. The molecule has 0 radical (unpaired) electrons. The van der Waals surface area contributed by atoms with Gasteiger partial charge in [-0.15, -0.1) is 12.4 Å². The summed E-state index contributed by atoms with van der Waals surface area (Å²) in [4.78, 5) is 12.4. The normalized spacial score (nSPS) is 33.0. The summed E-state index contributed by atoms with van der Waals surface area (Å²) in [5, 5.41) is 3.01. The Labute approximate surface area is 133 Å². The summed E-state index contributed by atoms with van der Waals surface area (Å²) >= 11 is 0. The standard InChI is InChI=1S/C14H26N2O3S.ClH/c1-14(2,20(3,18)19)13(17)16-12-9-5-4-6-10(12)8-11(15)7-9;/h9-12H,4-8,15H2,1-3H3,(H,16,17);1H. The highest BCUT2D eigenvalue weighted by Crippen LogP contribution is 2.40. The van der Waals surface area contributed by atoms with Gasteiger partial charge in [0, 0.05) is 18.3 Å². The molecule has 0 aromatic carbocycles. The number of carbonyl (C=O) groups excluding carboxylic acids is 1. The maximum atomic E-state index is 12.4. The van der Waals surface area contributed by atoms with Crippen molar-refractivity contribution in [3.05, 3.63) is 0 Å². The predicted octanol–water partition coefficient (Wildman–Crippen LogP) is 1.25. The van der Waals surface area contributed by atoms with E-state index in [9.17, 15) is 13.2 Å². The minimum Gasteiger partial charge on any atom is -0.351 e. The third-order valence-corrected chi connectivity index (χ3v) is 7.19. The fraction of sp³-hybridized carbons (Fsp3) is 0.929. The molecule has 0 aromatic heterocycles. The molecule has 2 fully saturated rings. The lowest BCUT2D eigenvalue weighted by Crippen LogP contribution is -2.58. The van der Waals surface area contributed by atoms with E-state index in [0.717, 1.165) is 31.9 Å². The SMILES string of the molecule is CC(C)(C(=O)NC1C2CCCC1CC(N)C2)S(C)(=O)=O.Cl. The van der Waals surface area contributed by atoms with E-state index in [1.165, 1.54) is 20.3 Å². The lowest BCUT2D eigenvalue weighted by Gasteiger charge is -2.45. The number of amides is 1. The van der Waals surface area contributed by atoms with E-state index in [1.54, 1.807) is 0 Å². The fourth-order valence-corrected chi connectivity index (χ4v) is 3.91. The molecule has 2 atom stereocenters. The van der Waals surface area contributed by atoms with Crippen LogP contribution in [0.2, 0.25) is 0 Å². The zero-order valence-corrected chi connectivity index (χ0v) is 14.6. The van der Waals surface area contributed by atoms with Crippen molar-refractivity contribution < 1.29 is 13.2 Å². The van der Waals surface area contributed by atoms with Crippen LogP contribution in [-0.2, 0) is 14.6 Å². The maximum absolute atomic E-state index is 12.4. The van der Waals surface area contributed by atoms with Gasteiger partial charge >= 0.3 is 0 Å². The number of hydrogen-bond donors (Lipinski definition) is 2. The quantitative estimate of drug-likeness (QED) is 0.810. The second-order valence-electron chi connectivity index (χ2n) is 6.96. The number of carbonyl (C=O) groups is 1. The summed E-state index contributed by atoms with van der Waals surface area (Å²) in [5.41, 5.74) is 6.06. The first-order valence-corrected chi connectivity index (χ1v) is 9.28. The van der Waals surface area contributed by atoms with Crippen LogP contribution in [0.25, 0.3) is 0 Å². The smallest absolute Gasteiger partial charge is 0.241 e. The molecule has 2 unspecified atom stereocenters. The Bertz CT molecular complexity index is 478. The van der Waals surface area contributed by atoms with E-state index in [2.05, 4.69) is 5.32 Å². The Morgan fingerprint density at radius 3 is 2.10 bits per heavy atom. The van der Waals surface area contributed by atoms with Crippen LogP contribution in [0.1, 0.15) is 46.0 Å². The van der Waals surface area contributed by atoms with Crippen molar-refractivity contribution in [2.45, 2.75) is 62.8 Å². The summed E-state index contributed by atoms with van der Waals surface area (Å²) in [7, 11) is -3.42. The highest BCUT2D eigenvalue weighted by molar-refractivity contribution is 7.92. The third kappa shape index (κ3) is 3.71. The molecule has 0 aliphatic heterocycles. The zero-order chi connectivity index (χ0) is 15.1. The predicted molar refractivity (Wildman–Crippen MR) is 86.1 cm³/mol. The van der Waals surface area contributed by atoms with Gasteiger partial charge in [0.05, 0.1) is 0 Å². The van der Waals surface area contributed by atoms with E-state index in [0.29, 0.717) is 11.8 Å². The van der Waals surface area contributed by atoms with Crippen molar-refractivity contribution in [2.24, 2.45) is 17.6 Å². The maximum Gasteiger partial charge on any atom is 0.241 e. The average Bonchev–Trinajstić information content (AvgIpc) is 2.28.